The van der Waals surface area contributed by atoms with E-state index in [4.69, 9.17) is 4.74 Å². The zero-order valence-electron chi connectivity index (χ0n) is 15.6. The van der Waals surface area contributed by atoms with Crippen LogP contribution in [0.1, 0.15) is 26.7 Å². The Morgan fingerprint density at radius 1 is 0.963 bits per heavy atom. The Morgan fingerprint density at radius 2 is 1.52 bits per heavy atom. The fourth-order valence-electron chi connectivity index (χ4n) is 3.06. The number of anilines is 2. The Kier molecular flexibility index (Phi) is 4.99. The number of hydrogen-bond donors (Lipinski definition) is 0. The zero-order chi connectivity index (χ0) is 19.6. The van der Waals surface area contributed by atoms with E-state index >= 15 is 0 Å². The molecule has 0 bridgehead atoms. The minimum Gasteiger partial charge on any atom is -0.410 e. The Labute approximate surface area is 158 Å². The van der Waals surface area contributed by atoms with Crippen LogP contribution in [0.2, 0.25) is 0 Å². The number of benzene rings is 2. The van der Waals surface area contributed by atoms with Crippen LogP contribution >= 0.6 is 0 Å². The second-order valence-corrected chi connectivity index (χ2v) is 7.40. The molecule has 27 heavy (non-hydrogen) atoms. The largest absolute Gasteiger partial charge is 0.419 e. The standard InChI is InChI=1S/C21H22N2O4/c1-21(2)13-18(24)23(19(25)14-21)16-9-11-17(12-10-16)27-20(26)22(3)15-7-5-4-6-8-15/h4-12H,13-14H2,1-3H3. The molecule has 1 fully saturated rings. The van der Waals surface area contributed by atoms with Gasteiger partial charge in [-0.15, -0.1) is 0 Å². The minimum atomic E-state index is -0.527. The topological polar surface area (TPSA) is 66.9 Å². The van der Waals surface area contributed by atoms with E-state index < -0.39 is 6.09 Å². The number of amides is 3. The normalized spacial score (nSPS) is 16.2. The molecule has 2 aromatic rings. The van der Waals surface area contributed by atoms with Crippen LogP contribution in [0.15, 0.2) is 54.6 Å². The van der Waals surface area contributed by atoms with Gasteiger partial charge in [0.05, 0.1) is 5.69 Å². The summed E-state index contributed by atoms with van der Waals surface area (Å²) in [6.07, 6.45) is 0.107. The van der Waals surface area contributed by atoms with Crippen LogP contribution in [-0.4, -0.2) is 25.0 Å². The maximum atomic E-state index is 12.3. The van der Waals surface area contributed by atoms with Gasteiger partial charge in [0.2, 0.25) is 11.8 Å². The highest BCUT2D eigenvalue weighted by molar-refractivity contribution is 6.16. The fourth-order valence-corrected chi connectivity index (χ4v) is 3.06. The van der Waals surface area contributed by atoms with Gasteiger partial charge in [-0.25, -0.2) is 4.79 Å². The summed E-state index contributed by atoms with van der Waals surface area (Å²) in [6.45, 7) is 3.82. The van der Waals surface area contributed by atoms with Gasteiger partial charge >= 0.3 is 6.09 Å². The summed E-state index contributed by atoms with van der Waals surface area (Å²) in [5, 5.41) is 0. The Bertz CT molecular complexity index is 840. The van der Waals surface area contributed by atoms with Crippen LogP contribution in [-0.2, 0) is 9.59 Å². The molecule has 6 heteroatoms. The highest BCUT2D eigenvalue weighted by atomic mass is 16.6. The fraction of sp³-hybridized carbons (Fsp3) is 0.286. The van der Waals surface area contributed by atoms with Gasteiger partial charge in [0, 0.05) is 25.6 Å². The third kappa shape index (κ3) is 4.16. The summed E-state index contributed by atoms with van der Waals surface area (Å²) in [4.78, 5) is 39.5. The van der Waals surface area contributed by atoms with E-state index in [0.29, 0.717) is 30.0 Å². The van der Waals surface area contributed by atoms with Gasteiger partial charge < -0.3 is 4.74 Å². The van der Waals surface area contributed by atoms with Crippen molar-refractivity contribution >= 4 is 29.3 Å². The lowest BCUT2D eigenvalue weighted by molar-refractivity contribution is -0.132. The summed E-state index contributed by atoms with van der Waals surface area (Å²) in [7, 11) is 1.62. The quantitative estimate of drug-likeness (QED) is 0.770. The van der Waals surface area contributed by atoms with Crippen LogP contribution in [0, 0.1) is 5.41 Å². The number of rotatable bonds is 3. The molecule has 0 aromatic heterocycles. The smallest absolute Gasteiger partial charge is 0.410 e. The van der Waals surface area contributed by atoms with E-state index in [1.807, 2.05) is 32.0 Å². The van der Waals surface area contributed by atoms with Gasteiger partial charge in [-0.05, 0) is 41.8 Å². The van der Waals surface area contributed by atoms with Gasteiger partial charge in [-0.1, -0.05) is 32.0 Å². The maximum absolute atomic E-state index is 12.3. The van der Waals surface area contributed by atoms with Gasteiger partial charge in [0.15, 0.2) is 0 Å². The van der Waals surface area contributed by atoms with Crippen molar-refractivity contribution in [1.29, 1.82) is 0 Å². The summed E-state index contributed by atoms with van der Waals surface area (Å²) < 4.78 is 5.36. The minimum absolute atomic E-state index is 0.218. The van der Waals surface area contributed by atoms with Gasteiger partial charge in [0.25, 0.3) is 0 Å². The Balaban J connectivity index is 1.70. The van der Waals surface area contributed by atoms with E-state index in [2.05, 4.69) is 0 Å². The first-order chi connectivity index (χ1) is 12.8. The molecule has 3 rings (SSSR count). The first-order valence-electron chi connectivity index (χ1n) is 8.73. The van der Waals surface area contributed by atoms with Crippen molar-refractivity contribution in [2.75, 3.05) is 16.8 Å². The number of nitrogens with zero attached hydrogens (tertiary/aromatic N) is 2. The second-order valence-electron chi connectivity index (χ2n) is 7.40. The number of para-hydroxylation sites is 1. The number of imide groups is 1. The summed E-state index contributed by atoms with van der Waals surface area (Å²) in [5.74, 6) is -0.0987. The molecule has 1 heterocycles. The van der Waals surface area contributed by atoms with Crippen LogP contribution in [0.3, 0.4) is 0 Å². The van der Waals surface area contributed by atoms with Crippen LogP contribution in [0.5, 0.6) is 5.75 Å². The molecule has 6 nitrogen and oxygen atoms in total. The average molecular weight is 366 g/mol. The van der Waals surface area contributed by atoms with E-state index in [1.54, 1.807) is 43.4 Å². The predicted molar refractivity (Wildman–Crippen MR) is 103 cm³/mol. The molecule has 2 aromatic carbocycles. The molecule has 1 aliphatic rings. The Hall–Kier alpha value is -3.15. The highest BCUT2D eigenvalue weighted by Crippen LogP contribution is 2.34. The molecule has 0 unspecified atom stereocenters. The lowest BCUT2D eigenvalue weighted by atomic mass is 9.81. The molecule has 140 valence electrons. The van der Waals surface area contributed by atoms with Crippen molar-refractivity contribution in [3.63, 3.8) is 0 Å². The van der Waals surface area contributed by atoms with E-state index in [1.165, 1.54) is 9.80 Å². The van der Waals surface area contributed by atoms with Crippen LogP contribution in [0.25, 0.3) is 0 Å². The molecular formula is C21H22N2O4. The number of carbonyl (C=O) groups is 3. The molecule has 3 amide bonds. The first kappa shape index (κ1) is 18.6. The number of ether oxygens (including phenoxy) is 1. The molecular weight excluding hydrogens is 344 g/mol. The third-order valence-electron chi connectivity index (χ3n) is 4.48. The number of hydrogen-bond acceptors (Lipinski definition) is 4. The van der Waals surface area contributed by atoms with E-state index in [0.717, 1.165) is 0 Å². The zero-order valence-corrected chi connectivity index (χ0v) is 15.6. The summed E-state index contributed by atoms with van der Waals surface area (Å²) >= 11 is 0. The second kappa shape index (κ2) is 7.23. The molecule has 0 spiro atoms. The van der Waals surface area contributed by atoms with Crippen LogP contribution in [0.4, 0.5) is 16.2 Å². The van der Waals surface area contributed by atoms with Gasteiger partial charge in [-0.2, -0.15) is 0 Å². The van der Waals surface area contributed by atoms with Gasteiger partial charge in [0.1, 0.15) is 5.75 Å². The predicted octanol–water partition coefficient (Wildman–Crippen LogP) is 4.00. The molecule has 1 saturated heterocycles. The van der Waals surface area contributed by atoms with Crippen molar-refractivity contribution < 1.29 is 19.1 Å². The Morgan fingerprint density at radius 3 is 2.07 bits per heavy atom. The third-order valence-corrected chi connectivity index (χ3v) is 4.48. The molecule has 1 aliphatic heterocycles. The van der Waals surface area contributed by atoms with Crippen molar-refractivity contribution in [3.8, 4) is 5.75 Å². The maximum Gasteiger partial charge on any atom is 0.419 e. The van der Waals surface area contributed by atoms with E-state index in [-0.39, 0.29) is 17.2 Å². The highest BCUT2D eigenvalue weighted by Gasteiger charge is 2.38. The monoisotopic (exact) mass is 366 g/mol. The number of piperidine rings is 1. The molecule has 0 N–H and O–H groups in total. The van der Waals surface area contributed by atoms with Crippen molar-refractivity contribution in [1.82, 2.24) is 0 Å². The average Bonchev–Trinajstić information content (AvgIpc) is 2.61. The van der Waals surface area contributed by atoms with Crippen molar-refractivity contribution in [2.45, 2.75) is 26.7 Å². The molecule has 0 saturated carbocycles. The SMILES string of the molecule is CN(C(=O)Oc1ccc(N2C(=O)CC(C)(C)CC2=O)cc1)c1ccccc1. The lowest BCUT2D eigenvalue weighted by Gasteiger charge is -2.34. The lowest BCUT2D eigenvalue weighted by Crippen LogP contribution is -2.46. The van der Waals surface area contributed by atoms with Crippen molar-refractivity contribution in [2.24, 2.45) is 5.41 Å². The number of carbonyl (C=O) groups excluding carboxylic acids is 3. The summed E-state index contributed by atoms with van der Waals surface area (Å²) in [6, 6.07) is 15.5. The summed E-state index contributed by atoms with van der Waals surface area (Å²) in [5.41, 5.74) is 0.880. The van der Waals surface area contributed by atoms with E-state index in [9.17, 15) is 14.4 Å². The van der Waals surface area contributed by atoms with Crippen LogP contribution < -0.4 is 14.5 Å². The molecule has 0 atom stereocenters. The molecule has 0 aliphatic carbocycles. The van der Waals surface area contributed by atoms with Crippen molar-refractivity contribution in [3.05, 3.63) is 54.6 Å². The first-order valence-corrected chi connectivity index (χ1v) is 8.73. The van der Waals surface area contributed by atoms with Gasteiger partial charge in [-0.3, -0.25) is 19.4 Å². The molecule has 0 radical (unpaired) electrons.